The van der Waals surface area contributed by atoms with Crippen molar-refractivity contribution in [3.05, 3.63) is 22.7 Å². The Bertz CT molecular complexity index is 404. The Hall–Kier alpha value is -1.42. The van der Waals surface area contributed by atoms with Gasteiger partial charge < -0.3 is 14.2 Å². The maximum atomic E-state index is 11.1. The molecule has 0 aromatic heterocycles. The van der Waals surface area contributed by atoms with Crippen molar-refractivity contribution >= 4 is 17.6 Å². The number of rotatable bonds is 5. The Morgan fingerprint density at radius 3 is 2.35 bits per heavy atom. The monoisotopic (exact) mass is 258 g/mol. The molecule has 0 aliphatic rings. The fourth-order valence-corrected chi connectivity index (χ4v) is 1.69. The summed E-state index contributed by atoms with van der Waals surface area (Å²) in [6.45, 7) is 0. The average Bonchev–Trinajstić information content (AvgIpc) is 2.36. The van der Waals surface area contributed by atoms with Gasteiger partial charge in [0.1, 0.15) is 11.5 Å². The van der Waals surface area contributed by atoms with Crippen LogP contribution in [0.4, 0.5) is 0 Å². The van der Waals surface area contributed by atoms with Crippen LogP contribution in [0.15, 0.2) is 12.1 Å². The van der Waals surface area contributed by atoms with Crippen molar-refractivity contribution in [2.24, 2.45) is 0 Å². The first-order valence-electron chi connectivity index (χ1n) is 5.09. The summed E-state index contributed by atoms with van der Waals surface area (Å²) in [6, 6.07) is 3.44. The second-order valence-corrected chi connectivity index (χ2v) is 3.78. The lowest BCUT2D eigenvalue weighted by Crippen LogP contribution is -2.03. The Morgan fingerprint density at radius 1 is 1.18 bits per heavy atom. The van der Waals surface area contributed by atoms with Crippen LogP contribution >= 0.6 is 11.6 Å². The molecular formula is C12H15ClO4. The number of esters is 1. The smallest absolute Gasteiger partial charge is 0.305 e. The summed E-state index contributed by atoms with van der Waals surface area (Å²) in [5, 5.41) is 0.478. The van der Waals surface area contributed by atoms with E-state index in [0.717, 1.165) is 5.56 Å². The lowest BCUT2D eigenvalue weighted by atomic mass is 10.1. The molecule has 1 rings (SSSR count). The predicted octanol–water partition coefficient (Wildman–Crippen LogP) is 2.46. The minimum Gasteiger partial charge on any atom is -0.496 e. The number of carbonyl (C=O) groups is 1. The number of ether oxygens (including phenoxy) is 3. The van der Waals surface area contributed by atoms with E-state index >= 15 is 0 Å². The molecule has 0 aliphatic carbocycles. The lowest BCUT2D eigenvalue weighted by Gasteiger charge is -2.11. The molecule has 0 saturated carbocycles. The molecule has 0 radical (unpaired) electrons. The van der Waals surface area contributed by atoms with Gasteiger partial charge in [0.05, 0.1) is 26.4 Å². The highest BCUT2D eigenvalue weighted by Crippen LogP contribution is 2.33. The molecule has 5 heteroatoms. The van der Waals surface area contributed by atoms with Gasteiger partial charge in [-0.05, 0) is 18.1 Å². The van der Waals surface area contributed by atoms with Crippen LogP contribution in [-0.2, 0) is 16.0 Å². The third-order valence-electron chi connectivity index (χ3n) is 2.38. The largest absolute Gasteiger partial charge is 0.496 e. The highest BCUT2D eigenvalue weighted by Gasteiger charge is 2.11. The molecule has 0 aliphatic heterocycles. The van der Waals surface area contributed by atoms with Crippen molar-refractivity contribution < 1.29 is 19.0 Å². The number of hydrogen-bond donors (Lipinski definition) is 0. The topological polar surface area (TPSA) is 44.8 Å². The molecule has 0 amide bonds. The Labute approximate surface area is 105 Å². The first-order valence-corrected chi connectivity index (χ1v) is 5.47. The molecule has 1 aromatic carbocycles. The van der Waals surface area contributed by atoms with Crippen LogP contribution in [0.5, 0.6) is 11.5 Å². The van der Waals surface area contributed by atoms with E-state index in [-0.39, 0.29) is 12.4 Å². The summed E-state index contributed by atoms with van der Waals surface area (Å²) in [5.74, 6) is 0.938. The molecule has 4 nitrogen and oxygen atoms in total. The van der Waals surface area contributed by atoms with E-state index in [9.17, 15) is 4.79 Å². The van der Waals surface area contributed by atoms with Crippen molar-refractivity contribution in [1.82, 2.24) is 0 Å². The van der Waals surface area contributed by atoms with Crippen molar-refractivity contribution in [3.8, 4) is 11.5 Å². The maximum Gasteiger partial charge on any atom is 0.305 e. The number of methoxy groups -OCH3 is 3. The van der Waals surface area contributed by atoms with Crippen LogP contribution in [0.2, 0.25) is 5.02 Å². The molecule has 17 heavy (non-hydrogen) atoms. The van der Waals surface area contributed by atoms with Gasteiger partial charge in [-0.3, -0.25) is 4.79 Å². The molecule has 0 bridgehead atoms. The molecule has 0 heterocycles. The zero-order chi connectivity index (χ0) is 12.8. The van der Waals surface area contributed by atoms with Crippen molar-refractivity contribution in [2.75, 3.05) is 21.3 Å². The van der Waals surface area contributed by atoms with Crippen LogP contribution in [0.3, 0.4) is 0 Å². The first-order chi connectivity index (χ1) is 8.12. The summed E-state index contributed by atoms with van der Waals surface area (Å²) in [7, 11) is 4.46. The highest BCUT2D eigenvalue weighted by molar-refractivity contribution is 6.32. The Morgan fingerprint density at radius 2 is 1.82 bits per heavy atom. The van der Waals surface area contributed by atoms with E-state index in [1.807, 2.05) is 0 Å². The van der Waals surface area contributed by atoms with Crippen LogP contribution < -0.4 is 9.47 Å². The zero-order valence-electron chi connectivity index (χ0n) is 10.1. The maximum absolute atomic E-state index is 11.1. The van der Waals surface area contributed by atoms with Crippen molar-refractivity contribution in [2.45, 2.75) is 12.8 Å². The van der Waals surface area contributed by atoms with E-state index in [2.05, 4.69) is 4.74 Å². The molecule has 94 valence electrons. The van der Waals surface area contributed by atoms with E-state index in [0.29, 0.717) is 22.9 Å². The second kappa shape index (κ2) is 6.35. The van der Waals surface area contributed by atoms with E-state index in [1.54, 1.807) is 19.2 Å². The van der Waals surface area contributed by atoms with Crippen LogP contribution in [-0.4, -0.2) is 27.3 Å². The third kappa shape index (κ3) is 3.53. The Kier molecular flexibility index (Phi) is 5.10. The van der Waals surface area contributed by atoms with Gasteiger partial charge in [0.15, 0.2) is 0 Å². The summed E-state index contributed by atoms with van der Waals surface area (Å²) < 4.78 is 14.9. The number of carbonyl (C=O) groups excluding carboxylic acids is 1. The highest BCUT2D eigenvalue weighted by atomic mass is 35.5. The zero-order valence-corrected chi connectivity index (χ0v) is 10.8. The van der Waals surface area contributed by atoms with Crippen molar-refractivity contribution in [3.63, 3.8) is 0 Å². The molecule has 0 unspecified atom stereocenters. The number of aryl methyl sites for hydroxylation is 1. The number of hydrogen-bond acceptors (Lipinski definition) is 4. The summed E-state index contributed by atoms with van der Waals surface area (Å²) in [4.78, 5) is 11.1. The van der Waals surface area contributed by atoms with Gasteiger partial charge in [-0.25, -0.2) is 0 Å². The van der Waals surface area contributed by atoms with Gasteiger partial charge in [0.2, 0.25) is 0 Å². The van der Waals surface area contributed by atoms with Gasteiger partial charge in [-0.2, -0.15) is 0 Å². The molecule has 0 atom stereocenters. The summed E-state index contributed by atoms with van der Waals surface area (Å²) >= 11 is 5.97. The van der Waals surface area contributed by atoms with Crippen LogP contribution in [0.25, 0.3) is 0 Å². The van der Waals surface area contributed by atoms with Gasteiger partial charge in [0, 0.05) is 12.5 Å². The molecule has 1 aromatic rings. The molecule has 0 spiro atoms. The molecule has 0 N–H and O–H groups in total. The van der Waals surface area contributed by atoms with Crippen molar-refractivity contribution in [1.29, 1.82) is 0 Å². The van der Waals surface area contributed by atoms with E-state index < -0.39 is 0 Å². The van der Waals surface area contributed by atoms with Gasteiger partial charge >= 0.3 is 5.97 Å². The van der Waals surface area contributed by atoms with E-state index in [1.165, 1.54) is 14.2 Å². The molecule has 0 saturated heterocycles. The standard InChI is InChI=1S/C12H15ClO4/c1-15-10-7-9(13)11(16-2)6-8(10)4-5-12(14)17-3/h6-7H,4-5H2,1-3H3. The van der Waals surface area contributed by atoms with Crippen LogP contribution in [0, 0.1) is 0 Å². The summed E-state index contributed by atoms with van der Waals surface area (Å²) in [6.07, 6.45) is 0.807. The molecule has 0 fully saturated rings. The SMILES string of the molecule is COC(=O)CCc1cc(OC)c(Cl)cc1OC. The normalized spacial score (nSPS) is 9.88. The third-order valence-corrected chi connectivity index (χ3v) is 2.68. The van der Waals surface area contributed by atoms with Gasteiger partial charge in [-0.1, -0.05) is 11.6 Å². The predicted molar refractivity (Wildman–Crippen MR) is 64.9 cm³/mol. The number of halogens is 1. The Balaban J connectivity index is 2.92. The molecular weight excluding hydrogens is 244 g/mol. The number of benzene rings is 1. The fourth-order valence-electron chi connectivity index (χ4n) is 1.46. The summed E-state index contributed by atoms with van der Waals surface area (Å²) in [5.41, 5.74) is 0.860. The lowest BCUT2D eigenvalue weighted by molar-refractivity contribution is -0.140. The minimum atomic E-state index is -0.263. The van der Waals surface area contributed by atoms with Crippen LogP contribution in [0.1, 0.15) is 12.0 Å². The minimum absolute atomic E-state index is 0.263. The average molecular weight is 259 g/mol. The second-order valence-electron chi connectivity index (χ2n) is 3.37. The first kappa shape index (κ1) is 13.6. The fraction of sp³-hybridized carbons (Fsp3) is 0.417. The quantitative estimate of drug-likeness (QED) is 0.761. The van der Waals surface area contributed by atoms with Gasteiger partial charge in [0.25, 0.3) is 0 Å². The van der Waals surface area contributed by atoms with Gasteiger partial charge in [-0.15, -0.1) is 0 Å². The van der Waals surface area contributed by atoms with E-state index in [4.69, 9.17) is 21.1 Å².